The van der Waals surface area contributed by atoms with Crippen LogP contribution in [0.5, 0.6) is 11.5 Å². The summed E-state index contributed by atoms with van der Waals surface area (Å²) < 4.78 is 0. The molecule has 0 aliphatic carbocycles. The molecule has 0 spiro atoms. The van der Waals surface area contributed by atoms with Crippen LogP contribution in [0, 0.1) is 0 Å². The summed E-state index contributed by atoms with van der Waals surface area (Å²) in [5.41, 5.74) is 0.765. The molecule has 0 saturated carbocycles. The molecule has 0 fully saturated rings. The zero-order chi connectivity index (χ0) is 12.0. The van der Waals surface area contributed by atoms with Gasteiger partial charge in [0, 0.05) is 6.07 Å². The van der Waals surface area contributed by atoms with Crippen molar-refractivity contribution in [3.8, 4) is 11.5 Å². The summed E-state index contributed by atoms with van der Waals surface area (Å²) in [6.07, 6.45) is 4.13. The third kappa shape index (κ3) is 4.53. The zero-order valence-electron chi connectivity index (χ0n) is 9.69. The lowest BCUT2D eigenvalue weighted by atomic mass is 10.0. The number of aliphatic hydroxyl groups is 1. The SMILES string of the molecule is CCCCC[C@H](O)Cc1cc(O)cc(O)c1. The monoisotopic (exact) mass is 224 g/mol. The molecule has 0 radical (unpaired) electrons. The standard InChI is InChI=1S/C13H20O3/c1-2-3-4-5-11(14)6-10-7-12(15)9-13(16)8-10/h7-9,11,14-16H,2-6H2,1H3/t11-/m0/s1. The largest absolute Gasteiger partial charge is 0.508 e. The van der Waals surface area contributed by atoms with Gasteiger partial charge in [0.15, 0.2) is 0 Å². The van der Waals surface area contributed by atoms with E-state index >= 15 is 0 Å². The topological polar surface area (TPSA) is 60.7 Å². The molecular weight excluding hydrogens is 204 g/mol. The van der Waals surface area contributed by atoms with Crippen LogP contribution in [0.3, 0.4) is 0 Å². The maximum atomic E-state index is 9.75. The smallest absolute Gasteiger partial charge is 0.119 e. The summed E-state index contributed by atoms with van der Waals surface area (Å²) in [4.78, 5) is 0. The second-order valence-corrected chi connectivity index (χ2v) is 4.21. The summed E-state index contributed by atoms with van der Waals surface area (Å²) in [5, 5.41) is 28.3. The van der Waals surface area contributed by atoms with Crippen LogP contribution < -0.4 is 0 Å². The Morgan fingerprint density at radius 1 is 1.06 bits per heavy atom. The summed E-state index contributed by atoms with van der Waals surface area (Å²) in [6, 6.07) is 4.43. The van der Waals surface area contributed by atoms with E-state index in [0.717, 1.165) is 31.2 Å². The Kier molecular flexibility index (Phi) is 5.12. The number of phenols is 2. The molecular formula is C13H20O3. The Morgan fingerprint density at radius 2 is 1.69 bits per heavy atom. The lowest BCUT2D eigenvalue weighted by molar-refractivity contribution is 0.161. The summed E-state index contributed by atoms with van der Waals surface area (Å²) in [5.74, 6) is 0.0755. The average Bonchev–Trinajstić information content (AvgIpc) is 2.16. The third-order valence-corrected chi connectivity index (χ3v) is 2.57. The highest BCUT2D eigenvalue weighted by atomic mass is 16.3. The Labute approximate surface area is 96.4 Å². The van der Waals surface area contributed by atoms with Crippen LogP contribution in [0.1, 0.15) is 38.2 Å². The molecule has 90 valence electrons. The van der Waals surface area contributed by atoms with E-state index in [0.29, 0.717) is 6.42 Å². The maximum absolute atomic E-state index is 9.75. The first-order valence-electron chi connectivity index (χ1n) is 5.81. The first kappa shape index (κ1) is 12.8. The van der Waals surface area contributed by atoms with Gasteiger partial charge < -0.3 is 15.3 Å². The highest BCUT2D eigenvalue weighted by molar-refractivity contribution is 5.36. The highest BCUT2D eigenvalue weighted by Crippen LogP contribution is 2.22. The van der Waals surface area contributed by atoms with Gasteiger partial charge >= 0.3 is 0 Å². The van der Waals surface area contributed by atoms with Crippen molar-refractivity contribution in [1.82, 2.24) is 0 Å². The minimum atomic E-state index is -0.396. The van der Waals surface area contributed by atoms with Gasteiger partial charge in [-0.15, -0.1) is 0 Å². The fraction of sp³-hybridized carbons (Fsp3) is 0.538. The number of aromatic hydroxyl groups is 2. The molecule has 0 unspecified atom stereocenters. The number of phenolic OH excluding ortho intramolecular Hbond substituents is 2. The van der Waals surface area contributed by atoms with Crippen LogP contribution in [0.15, 0.2) is 18.2 Å². The van der Waals surface area contributed by atoms with Crippen LogP contribution in [0.2, 0.25) is 0 Å². The van der Waals surface area contributed by atoms with Crippen molar-refractivity contribution in [3.63, 3.8) is 0 Å². The molecule has 1 atom stereocenters. The molecule has 3 heteroatoms. The molecule has 3 nitrogen and oxygen atoms in total. The van der Waals surface area contributed by atoms with Gasteiger partial charge in [-0.25, -0.2) is 0 Å². The minimum Gasteiger partial charge on any atom is -0.508 e. The molecule has 0 amide bonds. The van der Waals surface area contributed by atoms with E-state index in [9.17, 15) is 15.3 Å². The molecule has 0 aromatic heterocycles. The normalized spacial score (nSPS) is 12.6. The van der Waals surface area contributed by atoms with Gasteiger partial charge in [0.1, 0.15) is 11.5 Å². The van der Waals surface area contributed by atoms with Crippen LogP contribution in [0.4, 0.5) is 0 Å². The van der Waals surface area contributed by atoms with Crippen molar-refractivity contribution in [3.05, 3.63) is 23.8 Å². The summed E-state index contributed by atoms with van der Waals surface area (Å²) in [7, 11) is 0. The molecule has 1 aromatic carbocycles. The van der Waals surface area contributed by atoms with E-state index in [-0.39, 0.29) is 11.5 Å². The van der Waals surface area contributed by atoms with Crippen molar-refractivity contribution in [2.75, 3.05) is 0 Å². The van der Waals surface area contributed by atoms with Gasteiger partial charge in [0.05, 0.1) is 6.10 Å². The fourth-order valence-corrected chi connectivity index (χ4v) is 1.78. The predicted molar refractivity (Wildman–Crippen MR) is 63.6 cm³/mol. The van der Waals surface area contributed by atoms with Crippen molar-refractivity contribution < 1.29 is 15.3 Å². The van der Waals surface area contributed by atoms with Gasteiger partial charge in [-0.3, -0.25) is 0 Å². The Balaban J connectivity index is 2.45. The Bertz CT molecular complexity index is 303. The molecule has 0 saturated heterocycles. The molecule has 0 aliphatic heterocycles. The van der Waals surface area contributed by atoms with Gasteiger partial charge in [-0.2, -0.15) is 0 Å². The van der Waals surface area contributed by atoms with Crippen molar-refractivity contribution in [2.24, 2.45) is 0 Å². The number of aliphatic hydroxyl groups excluding tert-OH is 1. The first-order valence-corrected chi connectivity index (χ1v) is 5.81. The maximum Gasteiger partial charge on any atom is 0.119 e. The predicted octanol–water partition coefficient (Wildman–Crippen LogP) is 2.58. The lowest BCUT2D eigenvalue weighted by Gasteiger charge is -2.10. The van der Waals surface area contributed by atoms with Crippen molar-refractivity contribution >= 4 is 0 Å². The first-order chi connectivity index (χ1) is 7.61. The molecule has 0 heterocycles. The molecule has 1 rings (SSSR count). The Morgan fingerprint density at radius 3 is 2.25 bits per heavy atom. The van der Waals surface area contributed by atoms with E-state index in [1.807, 2.05) is 0 Å². The van der Waals surface area contributed by atoms with Crippen LogP contribution in [0.25, 0.3) is 0 Å². The second kappa shape index (κ2) is 6.38. The van der Waals surface area contributed by atoms with Crippen molar-refractivity contribution in [1.29, 1.82) is 0 Å². The third-order valence-electron chi connectivity index (χ3n) is 2.57. The molecule has 0 bridgehead atoms. The van der Waals surface area contributed by atoms with E-state index in [4.69, 9.17) is 0 Å². The number of hydrogen-bond donors (Lipinski definition) is 3. The fourth-order valence-electron chi connectivity index (χ4n) is 1.78. The van der Waals surface area contributed by atoms with E-state index < -0.39 is 6.10 Å². The Hall–Kier alpha value is -1.22. The zero-order valence-corrected chi connectivity index (χ0v) is 9.69. The van der Waals surface area contributed by atoms with E-state index in [2.05, 4.69) is 6.92 Å². The van der Waals surface area contributed by atoms with Gasteiger partial charge in [-0.05, 0) is 30.5 Å². The highest BCUT2D eigenvalue weighted by Gasteiger charge is 2.07. The quantitative estimate of drug-likeness (QED) is 0.651. The van der Waals surface area contributed by atoms with Gasteiger partial charge in [0.2, 0.25) is 0 Å². The van der Waals surface area contributed by atoms with Gasteiger partial charge in [0.25, 0.3) is 0 Å². The van der Waals surface area contributed by atoms with E-state index in [1.54, 1.807) is 12.1 Å². The number of benzene rings is 1. The van der Waals surface area contributed by atoms with Crippen LogP contribution >= 0.6 is 0 Å². The van der Waals surface area contributed by atoms with Gasteiger partial charge in [-0.1, -0.05) is 26.2 Å². The van der Waals surface area contributed by atoms with E-state index in [1.165, 1.54) is 6.07 Å². The molecule has 1 aromatic rings. The summed E-state index contributed by atoms with van der Waals surface area (Å²) >= 11 is 0. The minimum absolute atomic E-state index is 0.0377. The van der Waals surface area contributed by atoms with Crippen LogP contribution in [-0.2, 0) is 6.42 Å². The van der Waals surface area contributed by atoms with Crippen molar-refractivity contribution in [2.45, 2.75) is 45.1 Å². The number of hydrogen-bond acceptors (Lipinski definition) is 3. The summed E-state index contributed by atoms with van der Waals surface area (Å²) in [6.45, 7) is 2.12. The number of unbranched alkanes of at least 4 members (excludes halogenated alkanes) is 2. The lowest BCUT2D eigenvalue weighted by Crippen LogP contribution is -2.10. The molecule has 0 aliphatic rings. The molecule has 16 heavy (non-hydrogen) atoms. The molecule has 3 N–H and O–H groups in total. The second-order valence-electron chi connectivity index (χ2n) is 4.21. The number of rotatable bonds is 6. The van der Waals surface area contributed by atoms with Crippen LogP contribution in [-0.4, -0.2) is 21.4 Å². The average molecular weight is 224 g/mol.